The van der Waals surface area contributed by atoms with E-state index in [-0.39, 0.29) is 11.2 Å². The highest BCUT2D eigenvalue weighted by molar-refractivity contribution is 5.53. The Bertz CT molecular complexity index is 750. The van der Waals surface area contributed by atoms with E-state index < -0.39 is 6.10 Å². The molecule has 1 atom stereocenters. The van der Waals surface area contributed by atoms with E-state index >= 15 is 0 Å². The van der Waals surface area contributed by atoms with Crippen LogP contribution in [0, 0.1) is 11.2 Å². The summed E-state index contributed by atoms with van der Waals surface area (Å²) in [5.41, 5.74) is 2.56. The molecular formula is C21H24FNO2. The first kappa shape index (κ1) is 17.5. The highest BCUT2D eigenvalue weighted by Gasteiger charge is 2.33. The number of anilines is 1. The molecule has 0 bridgehead atoms. The highest BCUT2D eigenvalue weighted by Crippen LogP contribution is 2.42. The summed E-state index contributed by atoms with van der Waals surface area (Å²) in [5.74, 6) is 0.518. The van der Waals surface area contributed by atoms with Crippen molar-refractivity contribution in [2.24, 2.45) is 5.41 Å². The summed E-state index contributed by atoms with van der Waals surface area (Å²) in [5, 5.41) is 10.9. The third-order valence-electron chi connectivity index (χ3n) is 4.94. The summed E-state index contributed by atoms with van der Waals surface area (Å²) < 4.78 is 18.4. The van der Waals surface area contributed by atoms with Crippen LogP contribution in [0.4, 0.5) is 10.1 Å². The molecule has 2 aromatic carbocycles. The second-order valence-corrected chi connectivity index (χ2v) is 7.06. The van der Waals surface area contributed by atoms with Crippen LogP contribution in [-0.2, 0) is 0 Å². The minimum Gasteiger partial charge on any atom is -0.497 e. The Morgan fingerprint density at radius 2 is 1.72 bits per heavy atom. The van der Waals surface area contributed by atoms with Gasteiger partial charge in [-0.2, -0.15) is 0 Å². The number of aliphatic hydroxyl groups is 1. The van der Waals surface area contributed by atoms with Crippen molar-refractivity contribution in [3.8, 4) is 5.75 Å². The molecule has 0 saturated carbocycles. The van der Waals surface area contributed by atoms with Crippen molar-refractivity contribution in [1.29, 1.82) is 0 Å². The number of ether oxygens (including phenoxy) is 1. The standard InChI is InChI=1S/C21H24FNO2/c1-21(2)12-13-23(17-8-10-18(25-3)11-9-17)14-19(21)20(24)15-4-6-16(22)7-5-15/h4-11,14,20,24H,12-13H2,1-3H3. The van der Waals surface area contributed by atoms with E-state index in [1.807, 2.05) is 30.5 Å². The first-order valence-electron chi connectivity index (χ1n) is 8.47. The summed E-state index contributed by atoms with van der Waals surface area (Å²) in [7, 11) is 1.65. The van der Waals surface area contributed by atoms with Gasteiger partial charge in [0.25, 0.3) is 0 Å². The van der Waals surface area contributed by atoms with Gasteiger partial charge < -0.3 is 14.7 Å². The fraction of sp³-hybridized carbons (Fsp3) is 0.333. The fourth-order valence-electron chi connectivity index (χ4n) is 3.19. The number of methoxy groups -OCH3 is 1. The first-order chi connectivity index (χ1) is 11.9. The molecule has 0 radical (unpaired) electrons. The van der Waals surface area contributed by atoms with Gasteiger partial charge in [0.05, 0.1) is 7.11 Å². The van der Waals surface area contributed by atoms with Crippen molar-refractivity contribution in [2.45, 2.75) is 26.4 Å². The van der Waals surface area contributed by atoms with Crippen LogP contribution in [0.25, 0.3) is 0 Å². The summed E-state index contributed by atoms with van der Waals surface area (Å²) in [6, 6.07) is 13.9. The molecule has 25 heavy (non-hydrogen) atoms. The molecule has 0 aliphatic carbocycles. The Hall–Kier alpha value is -2.33. The van der Waals surface area contributed by atoms with Gasteiger partial charge in [0.15, 0.2) is 0 Å². The smallest absolute Gasteiger partial charge is 0.123 e. The van der Waals surface area contributed by atoms with Crippen LogP contribution in [0.5, 0.6) is 5.75 Å². The fourth-order valence-corrected chi connectivity index (χ4v) is 3.19. The lowest BCUT2D eigenvalue weighted by Gasteiger charge is -2.39. The molecule has 0 saturated heterocycles. The molecule has 3 rings (SSSR count). The van der Waals surface area contributed by atoms with Crippen LogP contribution >= 0.6 is 0 Å². The number of rotatable bonds is 4. The van der Waals surface area contributed by atoms with Gasteiger partial charge in [0, 0.05) is 18.4 Å². The Morgan fingerprint density at radius 1 is 1.08 bits per heavy atom. The third-order valence-corrected chi connectivity index (χ3v) is 4.94. The minimum atomic E-state index is -0.753. The second kappa shape index (κ2) is 6.89. The molecule has 1 heterocycles. The van der Waals surface area contributed by atoms with E-state index in [0.717, 1.165) is 30.0 Å². The molecule has 132 valence electrons. The van der Waals surface area contributed by atoms with E-state index in [0.29, 0.717) is 5.56 Å². The van der Waals surface area contributed by atoms with Crippen LogP contribution < -0.4 is 9.64 Å². The first-order valence-corrected chi connectivity index (χ1v) is 8.47. The summed E-state index contributed by atoms with van der Waals surface area (Å²) in [4.78, 5) is 2.15. The van der Waals surface area contributed by atoms with Gasteiger partial charge in [-0.3, -0.25) is 0 Å². The average molecular weight is 341 g/mol. The maximum Gasteiger partial charge on any atom is 0.123 e. The number of hydrogen-bond donors (Lipinski definition) is 1. The molecule has 0 fully saturated rings. The molecule has 0 amide bonds. The number of aliphatic hydroxyl groups excluding tert-OH is 1. The van der Waals surface area contributed by atoms with Crippen LogP contribution in [0.3, 0.4) is 0 Å². The lowest BCUT2D eigenvalue weighted by molar-refractivity contribution is 0.176. The number of benzene rings is 2. The number of hydrogen-bond acceptors (Lipinski definition) is 3. The van der Waals surface area contributed by atoms with E-state index in [1.54, 1.807) is 19.2 Å². The normalized spacial score (nSPS) is 17.8. The second-order valence-electron chi connectivity index (χ2n) is 7.06. The topological polar surface area (TPSA) is 32.7 Å². The van der Waals surface area contributed by atoms with Gasteiger partial charge in [0.2, 0.25) is 0 Å². The Balaban J connectivity index is 1.92. The van der Waals surface area contributed by atoms with E-state index in [4.69, 9.17) is 4.74 Å². The van der Waals surface area contributed by atoms with Crippen LogP contribution in [0.2, 0.25) is 0 Å². The lowest BCUT2D eigenvalue weighted by atomic mass is 9.75. The van der Waals surface area contributed by atoms with Crippen molar-refractivity contribution in [3.05, 3.63) is 71.7 Å². The summed E-state index contributed by atoms with van der Waals surface area (Å²) in [6.07, 6.45) is 2.19. The molecule has 2 aromatic rings. The van der Waals surface area contributed by atoms with Crippen molar-refractivity contribution < 1.29 is 14.2 Å². The van der Waals surface area contributed by atoms with E-state index in [9.17, 15) is 9.50 Å². The highest BCUT2D eigenvalue weighted by atomic mass is 19.1. The molecule has 3 nitrogen and oxygen atoms in total. The predicted octanol–water partition coefficient (Wildman–Crippen LogP) is 4.69. The van der Waals surface area contributed by atoms with Gasteiger partial charge in [-0.05, 0) is 59.4 Å². The Morgan fingerprint density at radius 3 is 2.32 bits per heavy atom. The van der Waals surface area contributed by atoms with Gasteiger partial charge in [0.1, 0.15) is 17.7 Å². The zero-order valence-corrected chi connectivity index (χ0v) is 14.9. The van der Waals surface area contributed by atoms with E-state index in [1.165, 1.54) is 12.1 Å². The van der Waals surface area contributed by atoms with Gasteiger partial charge in [-0.1, -0.05) is 26.0 Å². The number of nitrogens with zero attached hydrogens (tertiary/aromatic N) is 1. The van der Waals surface area contributed by atoms with Gasteiger partial charge in [-0.25, -0.2) is 4.39 Å². The number of halogens is 1. The predicted molar refractivity (Wildman–Crippen MR) is 98.2 cm³/mol. The monoisotopic (exact) mass is 341 g/mol. The molecule has 0 spiro atoms. The maximum atomic E-state index is 13.2. The third kappa shape index (κ3) is 3.69. The molecule has 1 aliphatic rings. The van der Waals surface area contributed by atoms with Crippen molar-refractivity contribution in [2.75, 3.05) is 18.6 Å². The quantitative estimate of drug-likeness (QED) is 0.876. The Kier molecular flexibility index (Phi) is 4.82. The zero-order chi connectivity index (χ0) is 18.0. The van der Waals surface area contributed by atoms with Crippen molar-refractivity contribution >= 4 is 5.69 Å². The molecular weight excluding hydrogens is 317 g/mol. The van der Waals surface area contributed by atoms with Crippen molar-refractivity contribution in [3.63, 3.8) is 0 Å². The van der Waals surface area contributed by atoms with E-state index in [2.05, 4.69) is 18.7 Å². The van der Waals surface area contributed by atoms with Crippen LogP contribution in [0.1, 0.15) is 31.9 Å². The maximum absolute atomic E-state index is 13.2. The average Bonchev–Trinajstić information content (AvgIpc) is 2.62. The minimum absolute atomic E-state index is 0.128. The molecule has 0 aromatic heterocycles. The van der Waals surface area contributed by atoms with Crippen LogP contribution in [-0.4, -0.2) is 18.8 Å². The van der Waals surface area contributed by atoms with Gasteiger partial charge in [-0.15, -0.1) is 0 Å². The largest absolute Gasteiger partial charge is 0.497 e. The van der Waals surface area contributed by atoms with Crippen LogP contribution in [0.15, 0.2) is 60.3 Å². The lowest BCUT2D eigenvalue weighted by Crippen LogP contribution is -2.34. The Labute approximate surface area is 148 Å². The molecule has 4 heteroatoms. The molecule has 1 N–H and O–H groups in total. The summed E-state index contributed by atoms with van der Waals surface area (Å²) >= 11 is 0. The molecule has 1 aliphatic heterocycles. The summed E-state index contributed by atoms with van der Waals surface area (Å²) in [6.45, 7) is 5.15. The molecule has 1 unspecified atom stereocenters. The zero-order valence-electron chi connectivity index (χ0n) is 14.9. The van der Waals surface area contributed by atoms with Crippen molar-refractivity contribution in [1.82, 2.24) is 0 Å². The van der Waals surface area contributed by atoms with Gasteiger partial charge >= 0.3 is 0 Å². The SMILES string of the molecule is COc1ccc(N2C=C(C(O)c3ccc(F)cc3)C(C)(C)CC2)cc1.